The minimum atomic E-state index is 0.355. The number of rotatable bonds is 8. The van der Waals surface area contributed by atoms with Crippen LogP contribution in [0, 0.1) is 0 Å². The number of hydrogen-bond donors (Lipinski definition) is 2. The molecule has 0 heterocycles. The second kappa shape index (κ2) is 9.37. The van der Waals surface area contributed by atoms with E-state index in [0.29, 0.717) is 11.8 Å². The Bertz CT molecular complexity index is 387. The maximum atomic E-state index is 9.39. The SMILES string of the molecule is CCCNC(CSC1CCCCC1)Cc1ccc(O)cc1. The molecule has 3 heteroatoms. The predicted octanol–water partition coefficient (Wildman–Crippen LogP) is 4.37. The van der Waals surface area contributed by atoms with Gasteiger partial charge in [0.25, 0.3) is 0 Å². The summed E-state index contributed by atoms with van der Waals surface area (Å²) in [6, 6.07) is 8.21. The van der Waals surface area contributed by atoms with Gasteiger partial charge in [-0.2, -0.15) is 11.8 Å². The summed E-state index contributed by atoms with van der Waals surface area (Å²) in [5.74, 6) is 1.55. The summed E-state index contributed by atoms with van der Waals surface area (Å²) in [6.07, 6.45) is 9.32. The van der Waals surface area contributed by atoms with E-state index in [4.69, 9.17) is 0 Å². The predicted molar refractivity (Wildman–Crippen MR) is 93.2 cm³/mol. The first kappa shape index (κ1) is 16.7. The lowest BCUT2D eigenvalue weighted by atomic mass is 10.0. The molecular weight excluding hydrogens is 278 g/mol. The molecule has 1 fully saturated rings. The largest absolute Gasteiger partial charge is 0.508 e. The van der Waals surface area contributed by atoms with E-state index in [1.165, 1.54) is 49.8 Å². The van der Waals surface area contributed by atoms with Crippen LogP contribution in [0.25, 0.3) is 0 Å². The van der Waals surface area contributed by atoms with Crippen molar-refractivity contribution in [3.8, 4) is 5.75 Å². The zero-order chi connectivity index (χ0) is 14.9. The first-order chi connectivity index (χ1) is 10.3. The molecule has 0 aliphatic heterocycles. The van der Waals surface area contributed by atoms with Crippen LogP contribution in [0.15, 0.2) is 24.3 Å². The third-order valence-electron chi connectivity index (χ3n) is 4.19. The summed E-state index contributed by atoms with van der Waals surface area (Å²) in [4.78, 5) is 0. The van der Waals surface area contributed by atoms with Gasteiger partial charge in [-0.05, 0) is 49.9 Å². The summed E-state index contributed by atoms with van der Waals surface area (Å²) in [5, 5.41) is 14.0. The molecule has 0 radical (unpaired) electrons. The minimum Gasteiger partial charge on any atom is -0.508 e. The molecule has 1 unspecified atom stereocenters. The molecule has 0 spiro atoms. The Kier molecular flexibility index (Phi) is 7.45. The highest BCUT2D eigenvalue weighted by atomic mass is 32.2. The topological polar surface area (TPSA) is 32.3 Å². The smallest absolute Gasteiger partial charge is 0.115 e. The van der Waals surface area contributed by atoms with E-state index in [1.807, 2.05) is 12.1 Å². The number of phenols is 1. The first-order valence-corrected chi connectivity index (χ1v) is 9.45. The van der Waals surface area contributed by atoms with Crippen LogP contribution in [0.1, 0.15) is 51.0 Å². The second-order valence-electron chi connectivity index (χ2n) is 6.11. The van der Waals surface area contributed by atoms with Crippen LogP contribution in [0.5, 0.6) is 5.75 Å². The Balaban J connectivity index is 1.82. The van der Waals surface area contributed by atoms with Crippen LogP contribution in [-0.4, -0.2) is 28.7 Å². The number of aromatic hydroxyl groups is 1. The van der Waals surface area contributed by atoms with Crippen molar-refractivity contribution in [3.05, 3.63) is 29.8 Å². The third kappa shape index (κ3) is 6.31. The van der Waals surface area contributed by atoms with Gasteiger partial charge in [-0.1, -0.05) is 38.3 Å². The molecule has 1 aliphatic carbocycles. The van der Waals surface area contributed by atoms with Gasteiger partial charge < -0.3 is 10.4 Å². The summed E-state index contributed by atoms with van der Waals surface area (Å²) in [6.45, 7) is 3.31. The molecule has 1 atom stereocenters. The van der Waals surface area contributed by atoms with Crippen LogP contribution >= 0.6 is 11.8 Å². The van der Waals surface area contributed by atoms with E-state index in [1.54, 1.807) is 12.1 Å². The summed E-state index contributed by atoms with van der Waals surface area (Å²) >= 11 is 2.17. The minimum absolute atomic E-state index is 0.355. The normalized spacial score (nSPS) is 17.8. The standard InChI is InChI=1S/C18H29NOS/c1-2-12-19-16(13-15-8-10-17(20)11-9-15)14-21-18-6-4-3-5-7-18/h8-11,16,18-20H,2-7,12-14H2,1H3. The van der Waals surface area contributed by atoms with Crippen molar-refractivity contribution in [1.82, 2.24) is 5.32 Å². The highest BCUT2D eigenvalue weighted by molar-refractivity contribution is 7.99. The van der Waals surface area contributed by atoms with Gasteiger partial charge >= 0.3 is 0 Å². The van der Waals surface area contributed by atoms with Crippen LogP contribution in [0.3, 0.4) is 0 Å². The lowest BCUT2D eigenvalue weighted by Gasteiger charge is -2.24. The van der Waals surface area contributed by atoms with Crippen molar-refractivity contribution in [2.45, 2.75) is 63.2 Å². The van der Waals surface area contributed by atoms with Crippen molar-refractivity contribution >= 4 is 11.8 Å². The van der Waals surface area contributed by atoms with Gasteiger partial charge in [-0.3, -0.25) is 0 Å². The zero-order valence-electron chi connectivity index (χ0n) is 13.2. The van der Waals surface area contributed by atoms with E-state index < -0.39 is 0 Å². The van der Waals surface area contributed by atoms with E-state index >= 15 is 0 Å². The molecule has 1 aromatic rings. The molecule has 0 aromatic heterocycles. The Hall–Kier alpha value is -0.670. The highest BCUT2D eigenvalue weighted by Crippen LogP contribution is 2.29. The highest BCUT2D eigenvalue weighted by Gasteiger charge is 2.16. The second-order valence-corrected chi connectivity index (χ2v) is 7.45. The quantitative estimate of drug-likeness (QED) is 0.748. The monoisotopic (exact) mass is 307 g/mol. The summed E-state index contributed by atoms with van der Waals surface area (Å²) in [5.41, 5.74) is 1.31. The third-order valence-corrected chi connectivity index (χ3v) is 5.72. The molecule has 21 heavy (non-hydrogen) atoms. The lowest BCUT2D eigenvalue weighted by molar-refractivity contribution is 0.474. The van der Waals surface area contributed by atoms with Crippen LogP contribution in [0.2, 0.25) is 0 Å². The fraction of sp³-hybridized carbons (Fsp3) is 0.667. The average molecular weight is 308 g/mol. The fourth-order valence-electron chi connectivity index (χ4n) is 2.94. The molecule has 0 amide bonds. The van der Waals surface area contributed by atoms with Crippen molar-refractivity contribution in [3.63, 3.8) is 0 Å². The Labute approximate surface area is 133 Å². The van der Waals surface area contributed by atoms with Crippen molar-refractivity contribution in [2.75, 3.05) is 12.3 Å². The average Bonchev–Trinajstić information content (AvgIpc) is 2.53. The van der Waals surface area contributed by atoms with Gasteiger partial charge in [0.1, 0.15) is 5.75 Å². The molecule has 2 rings (SSSR count). The first-order valence-electron chi connectivity index (χ1n) is 8.41. The number of nitrogens with one attached hydrogen (secondary N) is 1. The maximum Gasteiger partial charge on any atom is 0.115 e. The van der Waals surface area contributed by atoms with Crippen molar-refractivity contribution in [1.29, 1.82) is 0 Å². The molecule has 0 saturated heterocycles. The molecule has 1 aliphatic rings. The van der Waals surface area contributed by atoms with Gasteiger partial charge in [-0.25, -0.2) is 0 Å². The van der Waals surface area contributed by atoms with Gasteiger partial charge in [0.15, 0.2) is 0 Å². The molecule has 1 aromatic carbocycles. The van der Waals surface area contributed by atoms with Crippen LogP contribution < -0.4 is 5.32 Å². The Morgan fingerprint density at radius 2 is 1.90 bits per heavy atom. The van der Waals surface area contributed by atoms with E-state index in [-0.39, 0.29) is 0 Å². The number of benzene rings is 1. The summed E-state index contributed by atoms with van der Waals surface area (Å²) < 4.78 is 0. The van der Waals surface area contributed by atoms with Crippen LogP contribution in [-0.2, 0) is 6.42 Å². The number of phenolic OH excluding ortho intramolecular Hbond substituents is 1. The summed E-state index contributed by atoms with van der Waals surface area (Å²) in [7, 11) is 0. The molecule has 2 N–H and O–H groups in total. The molecule has 2 nitrogen and oxygen atoms in total. The Morgan fingerprint density at radius 1 is 1.19 bits per heavy atom. The Morgan fingerprint density at radius 3 is 2.57 bits per heavy atom. The molecule has 0 bridgehead atoms. The van der Waals surface area contributed by atoms with Crippen molar-refractivity contribution < 1.29 is 5.11 Å². The zero-order valence-corrected chi connectivity index (χ0v) is 14.0. The maximum absolute atomic E-state index is 9.39. The van der Waals surface area contributed by atoms with E-state index in [9.17, 15) is 5.11 Å². The van der Waals surface area contributed by atoms with Gasteiger partial charge in [0, 0.05) is 17.0 Å². The molecule has 118 valence electrons. The molecular formula is C18H29NOS. The van der Waals surface area contributed by atoms with E-state index in [2.05, 4.69) is 24.0 Å². The molecule has 1 saturated carbocycles. The van der Waals surface area contributed by atoms with Crippen molar-refractivity contribution in [2.24, 2.45) is 0 Å². The number of thioether (sulfide) groups is 1. The van der Waals surface area contributed by atoms with Gasteiger partial charge in [-0.15, -0.1) is 0 Å². The lowest BCUT2D eigenvalue weighted by Crippen LogP contribution is -2.34. The van der Waals surface area contributed by atoms with E-state index in [0.717, 1.165) is 18.2 Å². The fourth-order valence-corrected chi connectivity index (χ4v) is 4.35. The number of hydrogen-bond acceptors (Lipinski definition) is 3. The van der Waals surface area contributed by atoms with Gasteiger partial charge in [0.2, 0.25) is 0 Å². The van der Waals surface area contributed by atoms with Gasteiger partial charge in [0.05, 0.1) is 0 Å². The van der Waals surface area contributed by atoms with Crippen LogP contribution in [0.4, 0.5) is 0 Å².